The van der Waals surface area contributed by atoms with Gasteiger partial charge < -0.3 is 5.32 Å². The van der Waals surface area contributed by atoms with Gasteiger partial charge in [0.2, 0.25) is 0 Å². The van der Waals surface area contributed by atoms with Crippen LogP contribution >= 0.6 is 0 Å². The van der Waals surface area contributed by atoms with Crippen LogP contribution in [0.4, 0.5) is 0 Å². The molecule has 0 aromatic carbocycles. The average molecular weight is 274 g/mol. The van der Waals surface area contributed by atoms with Gasteiger partial charge >= 0.3 is 0 Å². The van der Waals surface area contributed by atoms with Gasteiger partial charge in [-0.25, -0.2) is 8.42 Å². The topological polar surface area (TPSA) is 49.4 Å². The van der Waals surface area contributed by atoms with E-state index in [1.165, 1.54) is 25.7 Å². The minimum absolute atomic E-state index is 0.192. The molecule has 2 fully saturated rings. The first kappa shape index (κ1) is 14.3. The highest BCUT2D eigenvalue weighted by Crippen LogP contribution is 2.22. The van der Waals surface area contributed by atoms with Crippen LogP contribution in [0.25, 0.3) is 0 Å². The maximum Gasteiger partial charge on any atom is 0.151 e. The Balaban J connectivity index is 1.67. The summed E-state index contributed by atoms with van der Waals surface area (Å²) in [6, 6.07) is 0.960. The third-order valence-corrected chi connectivity index (χ3v) is 6.08. The van der Waals surface area contributed by atoms with E-state index in [-0.39, 0.29) is 6.04 Å². The van der Waals surface area contributed by atoms with E-state index < -0.39 is 9.84 Å². The standard InChI is InChI=1S/C13H26N2O2S/c1-2-15(13-5-3-4-6-13)9-8-14-12-7-10-18(16,17)11-12/h12-14H,2-11H2,1H3. The summed E-state index contributed by atoms with van der Waals surface area (Å²) in [5, 5.41) is 3.40. The molecule has 0 radical (unpaired) electrons. The van der Waals surface area contributed by atoms with Crippen molar-refractivity contribution < 1.29 is 8.42 Å². The monoisotopic (exact) mass is 274 g/mol. The zero-order chi connectivity index (χ0) is 13.0. The first-order chi connectivity index (χ1) is 8.61. The van der Waals surface area contributed by atoms with Crippen molar-refractivity contribution in [3.63, 3.8) is 0 Å². The molecule has 4 nitrogen and oxygen atoms in total. The lowest BCUT2D eigenvalue weighted by molar-refractivity contribution is 0.207. The number of rotatable bonds is 6. The molecular weight excluding hydrogens is 248 g/mol. The van der Waals surface area contributed by atoms with Crippen molar-refractivity contribution >= 4 is 9.84 Å². The largest absolute Gasteiger partial charge is 0.312 e. The summed E-state index contributed by atoms with van der Waals surface area (Å²) in [7, 11) is -2.74. The average Bonchev–Trinajstić information content (AvgIpc) is 2.94. The molecule has 5 heteroatoms. The molecule has 1 N–H and O–H groups in total. The lowest BCUT2D eigenvalue weighted by Crippen LogP contribution is -2.41. The van der Waals surface area contributed by atoms with Gasteiger partial charge in [0.05, 0.1) is 11.5 Å². The molecule has 0 aromatic rings. The summed E-state index contributed by atoms with van der Waals surface area (Å²) < 4.78 is 22.7. The summed E-state index contributed by atoms with van der Waals surface area (Å²) in [6.45, 7) is 5.30. The van der Waals surface area contributed by atoms with E-state index >= 15 is 0 Å². The molecule has 0 amide bonds. The molecule has 0 aromatic heterocycles. The summed E-state index contributed by atoms with van der Waals surface area (Å²) in [6.07, 6.45) is 6.21. The zero-order valence-electron chi connectivity index (χ0n) is 11.4. The molecule has 2 rings (SSSR count). The molecule has 1 saturated heterocycles. The maximum atomic E-state index is 11.4. The highest BCUT2D eigenvalue weighted by Gasteiger charge is 2.27. The number of likely N-dealkylation sites (N-methyl/N-ethyl adjacent to an activating group) is 1. The van der Waals surface area contributed by atoms with E-state index in [0.717, 1.165) is 32.1 Å². The highest BCUT2D eigenvalue weighted by atomic mass is 32.2. The first-order valence-corrected chi connectivity index (χ1v) is 9.11. The van der Waals surface area contributed by atoms with Crippen molar-refractivity contribution in [2.24, 2.45) is 0 Å². The number of hydrogen-bond donors (Lipinski definition) is 1. The fourth-order valence-corrected chi connectivity index (χ4v) is 4.94. The van der Waals surface area contributed by atoms with Gasteiger partial charge in [0.1, 0.15) is 0 Å². The third-order valence-electron chi connectivity index (χ3n) is 4.31. The van der Waals surface area contributed by atoms with E-state index in [1.807, 2.05) is 0 Å². The molecule has 18 heavy (non-hydrogen) atoms. The maximum absolute atomic E-state index is 11.4. The summed E-state index contributed by atoms with van der Waals surface area (Å²) in [5.74, 6) is 0.702. The Morgan fingerprint density at radius 2 is 1.94 bits per heavy atom. The van der Waals surface area contributed by atoms with E-state index in [1.54, 1.807) is 0 Å². The van der Waals surface area contributed by atoms with Crippen molar-refractivity contribution in [3.8, 4) is 0 Å². The molecule has 106 valence electrons. The van der Waals surface area contributed by atoms with Crippen LogP contribution in [0.15, 0.2) is 0 Å². The molecule has 1 aliphatic carbocycles. The Labute approximate surface area is 111 Å². The number of nitrogens with one attached hydrogen (secondary N) is 1. The van der Waals surface area contributed by atoms with Crippen molar-refractivity contribution in [1.29, 1.82) is 0 Å². The second-order valence-electron chi connectivity index (χ2n) is 5.62. The van der Waals surface area contributed by atoms with Crippen molar-refractivity contribution in [3.05, 3.63) is 0 Å². The first-order valence-electron chi connectivity index (χ1n) is 7.28. The SMILES string of the molecule is CCN(CCNC1CCS(=O)(=O)C1)C1CCCC1. The molecular formula is C13H26N2O2S. The number of sulfone groups is 1. The highest BCUT2D eigenvalue weighted by molar-refractivity contribution is 7.91. The molecule has 1 aliphatic heterocycles. The van der Waals surface area contributed by atoms with Gasteiger partial charge in [-0.3, -0.25) is 4.90 Å². The third kappa shape index (κ3) is 3.93. The fourth-order valence-electron chi connectivity index (χ4n) is 3.24. The Hall–Kier alpha value is -0.130. The summed E-state index contributed by atoms with van der Waals surface area (Å²) >= 11 is 0. The van der Waals surface area contributed by atoms with E-state index in [4.69, 9.17) is 0 Å². The molecule has 1 saturated carbocycles. The predicted molar refractivity (Wildman–Crippen MR) is 74.6 cm³/mol. The van der Waals surface area contributed by atoms with E-state index in [0.29, 0.717) is 11.5 Å². The van der Waals surface area contributed by atoms with Crippen LogP contribution in [0, 0.1) is 0 Å². The van der Waals surface area contributed by atoms with E-state index in [2.05, 4.69) is 17.1 Å². The minimum atomic E-state index is -2.74. The van der Waals surface area contributed by atoms with Crippen LogP contribution in [0.5, 0.6) is 0 Å². The Kier molecular flexibility index (Phi) is 5.04. The molecule has 1 atom stereocenters. The van der Waals surface area contributed by atoms with Gasteiger partial charge in [-0.05, 0) is 25.8 Å². The number of hydrogen-bond acceptors (Lipinski definition) is 4. The van der Waals surface area contributed by atoms with Crippen LogP contribution in [0.1, 0.15) is 39.0 Å². The van der Waals surface area contributed by atoms with Gasteiger partial charge in [-0.15, -0.1) is 0 Å². The Bertz CT molecular complexity index is 350. The Morgan fingerprint density at radius 1 is 1.22 bits per heavy atom. The van der Waals surface area contributed by atoms with Gasteiger partial charge in [0, 0.05) is 25.2 Å². The fraction of sp³-hybridized carbons (Fsp3) is 1.00. The van der Waals surface area contributed by atoms with Crippen molar-refractivity contribution in [2.45, 2.75) is 51.1 Å². The van der Waals surface area contributed by atoms with Crippen LogP contribution < -0.4 is 5.32 Å². The predicted octanol–water partition coefficient (Wildman–Crippen LogP) is 1.03. The zero-order valence-corrected chi connectivity index (χ0v) is 12.2. The quantitative estimate of drug-likeness (QED) is 0.786. The lowest BCUT2D eigenvalue weighted by atomic mass is 10.2. The molecule has 2 aliphatic rings. The molecule has 0 bridgehead atoms. The lowest BCUT2D eigenvalue weighted by Gasteiger charge is -2.28. The van der Waals surface area contributed by atoms with Crippen LogP contribution in [0.2, 0.25) is 0 Å². The van der Waals surface area contributed by atoms with Crippen molar-refractivity contribution in [2.75, 3.05) is 31.1 Å². The number of nitrogens with zero attached hydrogens (tertiary/aromatic N) is 1. The van der Waals surface area contributed by atoms with Crippen molar-refractivity contribution in [1.82, 2.24) is 10.2 Å². The normalized spacial score (nSPS) is 28.2. The minimum Gasteiger partial charge on any atom is -0.312 e. The molecule has 1 unspecified atom stereocenters. The van der Waals surface area contributed by atoms with Crippen LogP contribution in [-0.2, 0) is 9.84 Å². The summed E-state index contributed by atoms with van der Waals surface area (Å²) in [4.78, 5) is 2.55. The van der Waals surface area contributed by atoms with Gasteiger partial charge in [-0.1, -0.05) is 19.8 Å². The van der Waals surface area contributed by atoms with Gasteiger partial charge in [-0.2, -0.15) is 0 Å². The second-order valence-corrected chi connectivity index (χ2v) is 7.85. The second kappa shape index (κ2) is 6.35. The van der Waals surface area contributed by atoms with E-state index in [9.17, 15) is 8.42 Å². The van der Waals surface area contributed by atoms with Crippen LogP contribution in [-0.4, -0.2) is 56.5 Å². The Morgan fingerprint density at radius 3 is 2.50 bits per heavy atom. The van der Waals surface area contributed by atoms with Crippen LogP contribution in [0.3, 0.4) is 0 Å². The molecule has 0 spiro atoms. The van der Waals surface area contributed by atoms with Gasteiger partial charge in [0.25, 0.3) is 0 Å². The summed E-state index contributed by atoms with van der Waals surface area (Å²) in [5.41, 5.74) is 0. The molecule has 1 heterocycles. The smallest absolute Gasteiger partial charge is 0.151 e. The van der Waals surface area contributed by atoms with Gasteiger partial charge in [0.15, 0.2) is 9.84 Å².